The molecule has 6 rings (SSSR count). The molecular weight excluding hydrogens is 554 g/mol. The molecule has 1 aromatic carbocycles. The molecule has 216 valence electrons. The molecule has 3 unspecified atom stereocenters. The van der Waals surface area contributed by atoms with Gasteiger partial charge in [0, 0.05) is 48.9 Å². The Balaban J connectivity index is 1.39. The van der Waals surface area contributed by atoms with Gasteiger partial charge in [0.2, 0.25) is 5.95 Å². The summed E-state index contributed by atoms with van der Waals surface area (Å²) in [4.78, 5) is 18.6. The molecular formula is C28H30F2N6O4S. The summed E-state index contributed by atoms with van der Waals surface area (Å²) in [6.45, 7) is 1.22. The normalized spacial score (nSPS) is 22.3. The number of methoxy groups -OCH3 is 1. The number of aromatic nitrogens is 4. The van der Waals surface area contributed by atoms with Crippen molar-refractivity contribution in [1.29, 1.82) is 0 Å². The van der Waals surface area contributed by atoms with Crippen LogP contribution in [0.15, 0.2) is 24.4 Å². The zero-order valence-corrected chi connectivity index (χ0v) is 23.3. The molecule has 13 heteroatoms. The highest BCUT2D eigenvalue weighted by atomic mass is 32.1. The number of thiazole rings is 1. The van der Waals surface area contributed by atoms with E-state index in [1.54, 1.807) is 13.1 Å². The maximum atomic E-state index is 14.6. The van der Waals surface area contributed by atoms with Crippen LogP contribution in [0.5, 0.6) is 5.75 Å². The van der Waals surface area contributed by atoms with E-state index in [1.165, 1.54) is 18.4 Å². The van der Waals surface area contributed by atoms with Crippen LogP contribution in [0.25, 0.3) is 20.8 Å². The Hall–Kier alpha value is -3.52. The van der Waals surface area contributed by atoms with Crippen LogP contribution in [-0.2, 0) is 6.54 Å². The van der Waals surface area contributed by atoms with Crippen molar-refractivity contribution in [2.45, 2.75) is 56.9 Å². The van der Waals surface area contributed by atoms with Gasteiger partial charge in [-0.2, -0.15) is 4.98 Å². The van der Waals surface area contributed by atoms with Crippen LogP contribution in [0.2, 0.25) is 0 Å². The van der Waals surface area contributed by atoms with Crippen LogP contribution in [0, 0.1) is 24.5 Å². The van der Waals surface area contributed by atoms with E-state index in [0.717, 1.165) is 40.9 Å². The molecule has 2 fully saturated rings. The van der Waals surface area contributed by atoms with Crippen molar-refractivity contribution < 1.29 is 28.8 Å². The largest absolute Gasteiger partial charge is 0.497 e. The zero-order valence-electron chi connectivity index (χ0n) is 22.5. The molecule has 2 aliphatic rings. The minimum atomic E-state index is -1.77. The van der Waals surface area contributed by atoms with Crippen molar-refractivity contribution in [1.82, 2.24) is 19.9 Å². The molecule has 10 nitrogen and oxygen atoms in total. The lowest BCUT2D eigenvalue weighted by atomic mass is 10.0. The molecule has 0 aliphatic heterocycles. The minimum Gasteiger partial charge on any atom is -0.497 e. The molecule has 0 saturated heterocycles. The number of hydrogen-bond acceptors (Lipinski definition) is 11. The Labute approximate surface area is 238 Å². The van der Waals surface area contributed by atoms with Crippen LogP contribution in [0.4, 0.5) is 20.5 Å². The lowest BCUT2D eigenvalue weighted by molar-refractivity contribution is -0.0545. The number of ether oxygens (including phenoxy) is 1. The number of benzene rings is 1. The zero-order chi connectivity index (χ0) is 28.9. The number of aryl methyl sites for hydroxylation is 1. The average Bonchev–Trinajstić information content (AvgIpc) is 3.63. The third-order valence-electron chi connectivity index (χ3n) is 7.78. The van der Waals surface area contributed by atoms with Crippen molar-refractivity contribution in [2.75, 3.05) is 24.4 Å². The van der Waals surface area contributed by atoms with Gasteiger partial charge in [-0.25, -0.2) is 18.7 Å². The highest BCUT2D eigenvalue weighted by molar-refractivity contribution is 7.21. The molecule has 0 bridgehead atoms. The number of nitrogens with zero attached hydrogens (tertiary/aromatic N) is 4. The third-order valence-corrected chi connectivity index (χ3v) is 8.82. The van der Waals surface area contributed by atoms with Crippen molar-refractivity contribution in [3.63, 3.8) is 0 Å². The SMILES string of the molecule is COc1cc(F)c(CNc2nc(C)c(-c3nc4c(C5CC5)nccc4s3)c(NC3(O)CCC(CO)C3O)n2)c(F)c1. The Morgan fingerprint density at radius 2 is 1.90 bits per heavy atom. The van der Waals surface area contributed by atoms with Crippen molar-refractivity contribution in [2.24, 2.45) is 5.92 Å². The van der Waals surface area contributed by atoms with E-state index in [-0.39, 0.29) is 42.7 Å². The Morgan fingerprint density at radius 3 is 2.56 bits per heavy atom. The van der Waals surface area contributed by atoms with Gasteiger partial charge in [-0.1, -0.05) is 0 Å². The molecule has 5 N–H and O–H groups in total. The molecule has 2 aliphatic carbocycles. The number of hydrogen-bond donors (Lipinski definition) is 5. The van der Waals surface area contributed by atoms with Gasteiger partial charge in [0.1, 0.15) is 39.8 Å². The van der Waals surface area contributed by atoms with Gasteiger partial charge >= 0.3 is 0 Å². The summed E-state index contributed by atoms with van der Waals surface area (Å²) < 4.78 is 35.0. The molecule has 3 heterocycles. The standard InChI is InChI=1S/C28H30F2N6O4S/c1-13-21(26-34-23-20(41-26)6-8-31-22(23)14-3-4-14)25(36-28(39)7-5-15(12-37)24(28)38)35-27(33-13)32-11-17-18(29)9-16(40-2)10-19(17)30/h6,8-10,14-15,24,37-39H,3-5,7,11-12H2,1-2H3,(H2,32,33,35,36). The number of halogens is 2. The summed E-state index contributed by atoms with van der Waals surface area (Å²) in [5.41, 5.74) is 0.797. The monoisotopic (exact) mass is 584 g/mol. The molecule has 4 aromatic rings. The van der Waals surface area contributed by atoms with E-state index < -0.39 is 29.4 Å². The second-order valence-corrected chi connectivity index (χ2v) is 11.6. The maximum Gasteiger partial charge on any atom is 0.225 e. The van der Waals surface area contributed by atoms with Crippen LogP contribution < -0.4 is 15.4 Å². The second kappa shape index (κ2) is 10.7. The molecule has 0 radical (unpaired) electrons. The first-order valence-corrected chi connectivity index (χ1v) is 14.2. The highest BCUT2D eigenvalue weighted by Gasteiger charge is 2.47. The number of pyridine rings is 1. The number of aliphatic hydroxyl groups excluding tert-OH is 2. The van der Waals surface area contributed by atoms with Gasteiger partial charge in [0.05, 0.1) is 28.8 Å². The second-order valence-electron chi connectivity index (χ2n) is 10.6. The van der Waals surface area contributed by atoms with Crippen molar-refractivity contribution >= 4 is 33.3 Å². The Kier molecular flexibility index (Phi) is 7.22. The Morgan fingerprint density at radius 1 is 1.15 bits per heavy atom. The molecule has 0 spiro atoms. The predicted molar refractivity (Wildman–Crippen MR) is 150 cm³/mol. The Bertz CT molecular complexity index is 1590. The van der Waals surface area contributed by atoms with Crippen molar-refractivity contribution in [3.8, 4) is 16.3 Å². The van der Waals surface area contributed by atoms with Crippen LogP contribution in [0.3, 0.4) is 0 Å². The summed E-state index contributed by atoms with van der Waals surface area (Å²) in [7, 11) is 1.32. The van der Waals surface area contributed by atoms with E-state index in [9.17, 15) is 24.1 Å². The molecule has 0 amide bonds. The number of fused-ring (bicyclic) bond motifs is 1. The fourth-order valence-corrected chi connectivity index (χ4v) is 6.37. The molecule has 41 heavy (non-hydrogen) atoms. The minimum absolute atomic E-state index is 0.0552. The summed E-state index contributed by atoms with van der Waals surface area (Å²) in [5, 5.41) is 38.3. The smallest absolute Gasteiger partial charge is 0.225 e. The van der Waals surface area contributed by atoms with E-state index >= 15 is 0 Å². The maximum absolute atomic E-state index is 14.6. The third kappa shape index (κ3) is 5.18. The average molecular weight is 585 g/mol. The van der Waals surface area contributed by atoms with Gasteiger partial charge in [-0.05, 0) is 38.7 Å². The first-order chi connectivity index (χ1) is 19.7. The summed E-state index contributed by atoms with van der Waals surface area (Å²) in [6, 6.07) is 4.09. The van der Waals surface area contributed by atoms with Crippen molar-refractivity contribution in [3.05, 3.63) is 53.0 Å². The predicted octanol–water partition coefficient (Wildman–Crippen LogP) is 4.10. The van der Waals surface area contributed by atoms with Gasteiger partial charge in [-0.15, -0.1) is 11.3 Å². The number of anilines is 2. The first kappa shape index (κ1) is 27.6. The van der Waals surface area contributed by atoms with Crippen LogP contribution in [0.1, 0.15) is 48.6 Å². The van der Waals surface area contributed by atoms with Gasteiger partial charge in [0.15, 0.2) is 5.72 Å². The van der Waals surface area contributed by atoms with E-state index in [0.29, 0.717) is 28.6 Å². The first-order valence-electron chi connectivity index (χ1n) is 13.4. The summed E-state index contributed by atoms with van der Waals surface area (Å²) in [6.07, 6.45) is 3.23. The van der Waals surface area contributed by atoms with Crippen LogP contribution >= 0.6 is 11.3 Å². The van der Waals surface area contributed by atoms with Gasteiger partial charge in [0.25, 0.3) is 0 Å². The molecule has 2 saturated carbocycles. The van der Waals surface area contributed by atoms with Gasteiger partial charge < -0.3 is 30.7 Å². The lowest BCUT2D eigenvalue weighted by Crippen LogP contribution is -2.48. The fraction of sp³-hybridized carbons (Fsp3) is 0.429. The highest BCUT2D eigenvalue weighted by Crippen LogP contribution is 2.45. The van der Waals surface area contributed by atoms with Gasteiger partial charge in [-0.3, -0.25) is 4.98 Å². The number of rotatable bonds is 9. The number of aliphatic hydroxyl groups is 3. The lowest BCUT2D eigenvalue weighted by Gasteiger charge is -2.31. The van der Waals surface area contributed by atoms with E-state index in [2.05, 4.69) is 25.6 Å². The number of nitrogens with one attached hydrogen (secondary N) is 2. The summed E-state index contributed by atoms with van der Waals surface area (Å²) >= 11 is 1.44. The van der Waals surface area contributed by atoms with E-state index in [1.807, 2.05) is 6.07 Å². The van der Waals surface area contributed by atoms with E-state index in [4.69, 9.17) is 9.72 Å². The summed E-state index contributed by atoms with van der Waals surface area (Å²) in [5.74, 6) is -1.38. The fourth-order valence-electron chi connectivity index (χ4n) is 5.30. The molecule has 3 aromatic heterocycles. The quantitative estimate of drug-likeness (QED) is 0.182. The molecule has 3 atom stereocenters. The van der Waals surface area contributed by atoms with Crippen LogP contribution in [-0.4, -0.2) is 60.8 Å². The topological polar surface area (TPSA) is 146 Å².